The van der Waals surface area contributed by atoms with Crippen LogP contribution in [-0.4, -0.2) is 88.6 Å². The Bertz CT molecular complexity index is 1210. The fraction of sp³-hybridized carbons (Fsp3) is 0.429. The van der Waals surface area contributed by atoms with Crippen molar-refractivity contribution >= 4 is 34.5 Å². The number of methoxy groups -OCH3 is 1. The Morgan fingerprint density at radius 2 is 1.62 bits per heavy atom. The fourth-order valence-electron chi connectivity index (χ4n) is 4.84. The highest BCUT2D eigenvalue weighted by molar-refractivity contribution is 5.72. The van der Waals surface area contributed by atoms with Gasteiger partial charge < -0.3 is 34.4 Å². The summed E-state index contributed by atoms with van der Waals surface area (Å²) in [4.78, 5) is 18.7. The molecule has 0 amide bonds. The molecule has 3 heterocycles. The van der Waals surface area contributed by atoms with Crippen molar-refractivity contribution in [3.8, 4) is 5.75 Å². The van der Waals surface area contributed by atoms with Crippen LogP contribution in [0.5, 0.6) is 5.75 Å². The predicted octanol–water partition coefficient (Wildman–Crippen LogP) is 3.89. The Hall–Kier alpha value is -3.56. The zero-order valence-corrected chi connectivity index (χ0v) is 22.3. The number of hydrogen-bond donors (Lipinski definition) is 1. The van der Waals surface area contributed by atoms with Crippen LogP contribution in [0.25, 0.3) is 0 Å². The van der Waals surface area contributed by atoms with E-state index in [4.69, 9.17) is 14.5 Å². The quantitative estimate of drug-likeness (QED) is 0.517. The van der Waals surface area contributed by atoms with Gasteiger partial charge >= 0.3 is 0 Å². The number of likely N-dealkylation sites (N-methyl/N-ethyl adjacent to an activating group) is 1. The number of benzene rings is 2. The van der Waals surface area contributed by atoms with Crippen LogP contribution in [0.15, 0.2) is 48.7 Å². The molecular weight excluding hydrogens is 466 g/mol. The van der Waals surface area contributed by atoms with E-state index in [0.29, 0.717) is 5.95 Å². The lowest BCUT2D eigenvalue weighted by atomic mass is 10.1. The highest BCUT2D eigenvalue weighted by Gasteiger charge is 2.19. The molecule has 0 unspecified atom stereocenters. The van der Waals surface area contributed by atoms with Gasteiger partial charge in [-0.1, -0.05) is 6.07 Å². The number of morpholine rings is 1. The van der Waals surface area contributed by atoms with E-state index in [1.54, 1.807) is 13.3 Å². The summed E-state index contributed by atoms with van der Waals surface area (Å²) < 4.78 is 11.0. The van der Waals surface area contributed by atoms with Gasteiger partial charge in [-0.2, -0.15) is 4.98 Å². The van der Waals surface area contributed by atoms with Crippen LogP contribution in [0.3, 0.4) is 0 Å². The first kappa shape index (κ1) is 25.1. The molecule has 2 saturated heterocycles. The van der Waals surface area contributed by atoms with Gasteiger partial charge in [0.25, 0.3) is 0 Å². The topological polar surface area (TPSA) is 69.2 Å². The van der Waals surface area contributed by atoms with Gasteiger partial charge in [-0.3, -0.25) is 0 Å². The van der Waals surface area contributed by atoms with E-state index < -0.39 is 0 Å². The first-order valence-corrected chi connectivity index (χ1v) is 12.9. The van der Waals surface area contributed by atoms with Gasteiger partial charge in [-0.25, -0.2) is 4.98 Å². The molecular formula is C28H37N7O2. The Balaban J connectivity index is 1.42. The van der Waals surface area contributed by atoms with Crippen molar-refractivity contribution in [3.63, 3.8) is 0 Å². The number of piperazine rings is 1. The van der Waals surface area contributed by atoms with E-state index in [-0.39, 0.29) is 0 Å². The lowest BCUT2D eigenvalue weighted by molar-refractivity contribution is 0.122. The van der Waals surface area contributed by atoms with E-state index in [1.165, 1.54) is 11.4 Å². The molecule has 1 aromatic heterocycles. The molecule has 0 radical (unpaired) electrons. The lowest BCUT2D eigenvalue weighted by Gasteiger charge is -2.35. The average molecular weight is 504 g/mol. The maximum atomic E-state index is 5.59. The summed E-state index contributed by atoms with van der Waals surface area (Å²) in [5.41, 5.74) is 5.58. The number of nitrogens with zero attached hydrogens (tertiary/aromatic N) is 6. The van der Waals surface area contributed by atoms with Crippen molar-refractivity contribution in [1.82, 2.24) is 14.9 Å². The van der Waals surface area contributed by atoms with Gasteiger partial charge in [0.15, 0.2) is 0 Å². The number of rotatable bonds is 7. The average Bonchev–Trinajstić information content (AvgIpc) is 2.94. The van der Waals surface area contributed by atoms with Crippen molar-refractivity contribution in [2.45, 2.75) is 6.92 Å². The SMILES string of the molecule is COc1ccc(C)c(N(C)c2ccnc(Nc3cc(N4CCOCC4)cc(N4CCN(C)CC4)c3)n2)c1. The number of anilines is 6. The largest absolute Gasteiger partial charge is 0.497 e. The summed E-state index contributed by atoms with van der Waals surface area (Å²) in [6.07, 6.45) is 1.80. The van der Waals surface area contributed by atoms with Crippen LogP contribution in [0, 0.1) is 6.92 Å². The van der Waals surface area contributed by atoms with E-state index in [2.05, 4.69) is 68.1 Å². The smallest absolute Gasteiger partial charge is 0.229 e. The third-order valence-electron chi connectivity index (χ3n) is 7.17. The molecule has 0 saturated carbocycles. The van der Waals surface area contributed by atoms with Crippen LogP contribution in [0.2, 0.25) is 0 Å². The highest BCUT2D eigenvalue weighted by Crippen LogP contribution is 2.32. The van der Waals surface area contributed by atoms with Gasteiger partial charge in [-0.15, -0.1) is 0 Å². The minimum atomic E-state index is 0.563. The van der Waals surface area contributed by atoms with E-state index in [1.807, 2.05) is 25.2 Å². The Labute approximate surface area is 219 Å². The van der Waals surface area contributed by atoms with Gasteiger partial charge in [0, 0.05) is 81.3 Å². The number of hydrogen-bond acceptors (Lipinski definition) is 9. The van der Waals surface area contributed by atoms with Crippen molar-refractivity contribution in [2.24, 2.45) is 0 Å². The molecule has 2 aromatic carbocycles. The number of aryl methyl sites for hydroxylation is 1. The number of aromatic nitrogens is 2. The summed E-state index contributed by atoms with van der Waals surface area (Å²) in [5, 5.41) is 3.49. The molecule has 2 aliphatic heterocycles. The predicted molar refractivity (Wildman–Crippen MR) is 150 cm³/mol. The van der Waals surface area contributed by atoms with Crippen LogP contribution in [0.1, 0.15) is 5.56 Å². The summed E-state index contributed by atoms with van der Waals surface area (Å²) in [6.45, 7) is 9.52. The minimum absolute atomic E-state index is 0.563. The second kappa shape index (κ2) is 11.2. The van der Waals surface area contributed by atoms with Crippen molar-refractivity contribution in [2.75, 3.05) is 93.7 Å². The molecule has 5 rings (SSSR count). The molecule has 1 N–H and O–H groups in total. The third-order valence-corrected chi connectivity index (χ3v) is 7.17. The van der Waals surface area contributed by atoms with Crippen molar-refractivity contribution < 1.29 is 9.47 Å². The first-order chi connectivity index (χ1) is 18.0. The van der Waals surface area contributed by atoms with Crippen LogP contribution in [0.4, 0.5) is 34.5 Å². The van der Waals surface area contributed by atoms with E-state index >= 15 is 0 Å². The monoisotopic (exact) mass is 503 g/mol. The molecule has 0 bridgehead atoms. The molecule has 9 heteroatoms. The maximum Gasteiger partial charge on any atom is 0.229 e. The summed E-state index contributed by atoms with van der Waals surface area (Å²) >= 11 is 0. The first-order valence-electron chi connectivity index (χ1n) is 12.9. The standard InChI is InChI=1S/C28H37N7O2/c1-21-5-6-25(36-4)20-26(21)33(3)27-7-8-29-28(31-27)30-22-17-23(34-11-9-32(2)10-12-34)19-24(18-22)35-13-15-37-16-14-35/h5-8,17-20H,9-16H2,1-4H3,(H,29,30,31). The molecule has 3 aromatic rings. The molecule has 196 valence electrons. The van der Waals surface area contributed by atoms with Crippen LogP contribution < -0.4 is 24.8 Å². The van der Waals surface area contributed by atoms with Crippen molar-refractivity contribution in [3.05, 3.63) is 54.2 Å². The summed E-state index contributed by atoms with van der Waals surface area (Å²) in [6, 6.07) is 14.7. The Kier molecular flexibility index (Phi) is 7.62. The molecule has 0 atom stereocenters. The van der Waals surface area contributed by atoms with E-state index in [0.717, 1.165) is 81.0 Å². The van der Waals surface area contributed by atoms with Crippen LogP contribution in [-0.2, 0) is 4.74 Å². The van der Waals surface area contributed by atoms with Gasteiger partial charge in [0.1, 0.15) is 11.6 Å². The van der Waals surface area contributed by atoms with Gasteiger partial charge in [0.2, 0.25) is 5.95 Å². The zero-order valence-electron chi connectivity index (χ0n) is 22.3. The lowest BCUT2D eigenvalue weighted by Crippen LogP contribution is -2.44. The van der Waals surface area contributed by atoms with E-state index in [9.17, 15) is 0 Å². The third kappa shape index (κ3) is 5.89. The molecule has 0 spiro atoms. The highest BCUT2D eigenvalue weighted by atomic mass is 16.5. The Morgan fingerprint density at radius 3 is 2.32 bits per heavy atom. The molecule has 2 fully saturated rings. The Morgan fingerprint density at radius 1 is 0.919 bits per heavy atom. The van der Waals surface area contributed by atoms with Gasteiger partial charge in [-0.05, 0) is 49.9 Å². The number of ether oxygens (including phenoxy) is 2. The maximum absolute atomic E-state index is 5.59. The summed E-state index contributed by atoms with van der Waals surface area (Å²) in [5.74, 6) is 2.18. The minimum Gasteiger partial charge on any atom is -0.497 e. The van der Waals surface area contributed by atoms with Crippen molar-refractivity contribution in [1.29, 1.82) is 0 Å². The fourth-order valence-corrected chi connectivity index (χ4v) is 4.84. The molecule has 2 aliphatic rings. The van der Waals surface area contributed by atoms with Crippen LogP contribution >= 0.6 is 0 Å². The molecule has 9 nitrogen and oxygen atoms in total. The zero-order chi connectivity index (χ0) is 25.8. The molecule has 0 aliphatic carbocycles. The summed E-state index contributed by atoms with van der Waals surface area (Å²) in [7, 11) is 5.88. The number of nitrogens with one attached hydrogen (secondary N) is 1. The normalized spacial score (nSPS) is 16.5. The molecule has 37 heavy (non-hydrogen) atoms. The second-order valence-corrected chi connectivity index (χ2v) is 9.70. The van der Waals surface area contributed by atoms with Gasteiger partial charge in [0.05, 0.1) is 20.3 Å². The second-order valence-electron chi connectivity index (χ2n) is 9.70.